The van der Waals surface area contributed by atoms with Crippen LogP contribution < -0.4 is 0 Å². The molecular weight excluding hydrogens is 466 g/mol. The topological polar surface area (TPSA) is 90.7 Å². The molecule has 8 nitrogen and oxygen atoms in total. The fourth-order valence-electron chi connectivity index (χ4n) is 3.68. The van der Waals surface area contributed by atoms with Crippen LogP contribution in [-0.4, -0.2) is 54.5 Å². The van der Waals surface area contributed by atoms with Crippen LogP contribution in [0.15, 0.2) is 53.4 Å². The van der Waals surface area contributed by atoms with Gasteiger partial charge in [-0.25, -0.2) is 18.2 Å². The zero-order valence-electron chi connectivity index (χ0n) is 18.1. The van der Waals surface area contributed by atoms with Crippen LogP contribution in [0, 0.1) is 0 Å². The van der Waals surface area contributed by atoms with Crippen molar-refractivity contribution in [1.29, 1.82) is 0 Å². The smallest absolute Gasteiger partial charge is 0.331 e. The number of imidazole rings is 1. The summed E-state index contributed by atoms with van der Waals surface area (Å²) in [5.74, 6) is 0.0261. The molecule has 10 heteroatoms. The van der Waals surface area contributed by atoms with E-state index in [4.69, 9.17) is 21.1 Å². The molecule has 0 bridgehead atoms. The second-order valence-electron chi connectivity index (χ2n) is 7.44. The van der Waals surface area contributed by atoms with Crippen molar-refractivity contribution in [3.63, 3.8) is 0 Å². The van der Waals surface area contributed by atoms with Crippen molar-refractivity contribution < 1.29 is 22.7 Å². The van der Waals surface area contributed by atoms with Crippen LogP contribution in [0.4, 0.5) is 0 Å². The van der Waals surface area contributed by atoms with Gasteiger partial charge in [0.15, 0.2) is 0 Å². The number of hydrogen-bond acceptors (Lipinski definition) is 6. The van der Waals surface area contributed by atoms with Gasteiger partial charge in [-0.2, -0.15) is 4.31 Å². The van der Waals surface area contributed by atoms with E-state index in [-0.39, 0.29) is 11.5 Å². The van der Waals surface area contributed by atoms with Crippen molar-refractivity contribution in [2.24, 2.45) is 0 Å². The highest BCUT2D eigenvalue weighted by Gasteiger charge is 2.27. The first kappa shape index (κ1) is 23.4. The Kier molecular flexibility index (Phi) is 7.14. The number of ether oxygens (including phenoxy) is 2. The Hall–Kier alpha value is -2.72. The Morgan fingerprint density at radius 1 is 1.21 bits per heavy atom. The van der Waals surface area contributed by atoms with E-state index in [1.54, 1.807) is 42.5 Å². The summed E-state index contributed by atoms with van der Waals surface area (Å²) in [5.41, 5.74) is 2.10. The third-order valence-corrected chi connectivity index (χ3v) is 7.46. The largest absolute Gasteiger partial charge is 0.454 e. The molecule has 3 aromatic rings. The highest BCUT2D eigenvalue weighted by Crippen LogP contribution is 2.24. The van der Waals surface area contributed by atoms with Gasteiger partial charge in [-0.1, -0.05) is 23.7 Å². The molecule has 1 saturated heterocycles. The van der Waals surface area contributed by atoms with Gasteiger partial charge >= 0.3 is 5.97 Å². The number of esters is 1. The average Bonchev–Trinajstić information content (AvgIpc) is 3.18. The molecule has 2 aromatic carbocycles. The SMILES string of the molecule is CCn1c(COC(=O)/C=C/c2cccc(Cl)c2)nc2cc(S(=O)(=O)N3CCOCC3)ccc21. The van der Waals surface area contributed by atoms with Crippen LogP contribution in [0.5, 0.6) is 0 Å². The third-order valence-electron chi connectivity index (χ3n) is 5.33. The quantitative estimate of drug-likeness (QED) is 0.373. The standard InChI is InChI=1S/C23H24ClN3O5S/c1-2-27-21-8-7-19(33(29,30)26-10-12-31-13-11-26)15-20(21)25-22(27)16-32-23(28)9-6-17-4-3-5-18(24)14-17/h3-9,14-15H,2,10-13,16H2,1H3/b9-6+. The maximum atomic E-state index is 13.0. The Labute approximate surface area is 197 Å². The zero-order chi connectivity index (χ0) is 23.4. The van der Waals surface area contributed by atoms with E-state index in [2.05, 4.69) is 4.98 Å². The average molecular weight is 490 g/mol. The molecule has 1 aliphatic heterocycles. The van der Waals surface area contributed by atoms with Gasteiger partial charge in [0.25, 0.3) is 0 Å². The number of benzene rings is 2. The number of nitrogens with zero attached hydrogens (tertiary/aromatic N) is 3. The molecule has 174 valence electrons. The van der Waals surface area contributed by atoms with E-state index >= 15 is 0 Å². The third kappa shape index (κ3) is 5.27. The summed E-state index contributed by atoms with van der Waals surface area (Å²) in [5, 5.41) is 0.581. The first-order valence-corrected chi connectivity index (χ1v) is 12.4. The molecule has 1 aromatic heterocycles. The van der Waals surface area contributed by atoms with Crippen molar-refractivity contribution in [2.75, 3.05) is 26.3 Å². The Balaban J connectivity index is 1.51. The normalized spacial score (nSPS) is 15.3. The number of aromatic nitrogens is 2. The molecule has 33 heavy (non-hydrogen) atoms. The van der Waals surface area contributed by atoms with Gasteiger partial charge in [0.2, 0.25) is 10.0 Å². The van der Waals surface area contributed by atoms with Gasteiger partial charge in [-0.15, -0.1) is 0 Å². The molecule has 0 atom stereocenters. The van der Waals surface area contributed by atoms with E-state index in [0.29, 0.717) is 49.2 Å². The minimum absolute atomic E-state index is 0.0349. The predicted molar refractivity (Wildman–Crippen MR) is 125 cm³/mol. The van der Waals surface area contributed by atoms with Gasteiger partial charge in [-0.3, -0.25) is 0 Å². The van der Waals surface area contributed by atoms with Crippen LogP contribution in [0.25, 0.3) is 17.1 Å². The highest BCUT2D eigenvalue weighted by molar-refractivity contribution is 7.89. The van der Waals surface area contributed by atoms with E-state index < -0.39 is 16.0 Å². The summed E-state index contributed by atoms with van der Waals surface area (Å²) in [6.07, 6.45) is 2.96. The fourth-order valence-corrected chi connectivity index (χ4v) is 5.30. The van der Waals surface area contributed by atoms with Crippen LogP contribution in [-0.2, 0) is 37.4 Å². The predicted octanol–water partition coefficient (Wildman–Crippen LogP) is 3.49. The minimum atomic E-state index is -3.63. The first-order chi connectivity index (χ1) is 15.9. The van der Waals surface area contributed by atoms with Crippen molar-refractivity contribution >= 4 is 44.7 Å². The van der Waals surface area contributed by atoms with Gasteiger partial charge in [-0.05, 0) is 48.9 Å². The minimum Gasteiger partial charge on any atom is -0.454 e. The zero-order valence-corrected chi connectivity index (χ0v) is 19.7. The molecule has 0 saturated carbocycles. The molecule has 1 fully saturated rings. The number of carbonyl (C=O) groups is 1. The number of rotatable bonds is 7. The summed E-state index contributed by atoms with van der Waals surface area (Å²) >= 11 is 5.95. The summed E-state index contributed by atoms with van der Waals surface area (Å²) in [6.45, 7) is 3.93. The van der Waals surface area contributed by atoms with E-state index in [1.807, 2.05) is 17.6 Å². The lowest BCUT2D eigenvalue weighted by molar-refractivity contribution is -0.139. The lowest BCUT2D eigenvalue weighted by Crippen LogP contribution is -2.40. The number of sulfonamides is 1. The number of morpholine rings is 1. The van der Waals surface area contributed by atoms with Gasteiger partial charge in [0.05, 0.1) is 29.1 Å². The molecule has 0 spiro atoms. The Morgan fingerprint density at radius 2 is 2.00 bits per heavy atom. The molecule has 4 rings (SSSR count). The maximum absolute atomic E-state index is 13.0. The number of aryl methyl sites for hydroxylation is 1. The Morgan fingerprint density at radius 3 is 2.73 bits per heavy atom. The van der Waals surface area contributed by atoms with E-state index in [1.165, 1.54) is 10.4 Å². The molecular formula is C23H24ClN3O5S. The van der Waals surface area contributed by atoms with Crippen LogP contribution in [0.2, 0.25) is 5.02 Å². The number of halogens is 1. The molecule has 0 aliphatic carbocycles. The first-order valence-electron chi connectivity index (χ1n) is 10.6. The van der Waals surface area contributed by atoms with Crippen molar-refractivity contribution in [2.45, 2.75) is 25.0 Å². The van der Waals surface area contributed by atoms with Crippen LogP contribution in [0.3, 0.4) is 0 Å². The van der Waals surface area contributed by atoms with E-state index in [0.717, 1.165) is 11.1 Å². The van der Waals surface area contributed by atoms with Crippen molar-refractivity contribution in [1.82, 2.24) is 13.9 Å². The molecule has 0 radical (unpaired) electrons. The summed E-state index contributed by atoms with van der Waals surface area (Å²) < 4.78 is 39.9. The summed E-state index contributed by atoms with van der Waals surface area (Å²) in [6, 6.07) is 12.0. The fraction of sp³-hybridized carbons (Fsp3) is 0.304. The summed E-state index contributed by atoms with van der Waals surface area (Å²) in [7, 11) is -3.63. The lowest BCUT2D eigenvalue weighted by Gasteiger charge is -2.26. The second-order valence-corrected chi connectivity index (χ2v) is 9.81. The van der Waals surface area contributed by atoms with E-state index in [9.17, 15) is 13.2 Å². The monoisotopic (exact) mass is 489 g/mol. The highest BCUT2D eigenvalue weighted by atomic mass is 35.5. The number of hydrogen-bond donors (Lipinski definition) is 0. The van der Waals surface area contributed by atoms with Gasteiger partial charge in [0.1, 0.15) is 12.4 Å². The molecule has 0 N–H and O–H groups in total. The second kappa shape index (κ2) is 10.0. The summed E-state index contributed by atoms with van der Waals surface area (Å²) in [4.78, 5) is 16.9. The molecule has 0 unspecified atom stereocenters. The lowest BCUT2D eigenvalue weighted by atomic mass is 10.2. The van der Waals surface area contributed by atoms with Crippen molar-refractivity contribution in [3.05, 3.63) is 65.0 Å². The van der Waals surface area contributed by atoms with Crippen molar-refractivity contribution in [3.8, 4) is 0 Å². The molecule has 2 heterocycles. The van der Waals surface area contributed by atoms with Gasteiger partial charge < -0.3 is 14.0 Å². The number of fused-ring (bicyclic) bond motifs is 1. The maximum Gasteiger partial charge on any atom is 0.331 e. The van der Waals surface area contributed by atoms with Crippen LogP contribution >= 0.6 is 11.6 Å². The Bertz CT molecular complexity index is 1300. The van der Waals surface area contributed by atoms with Crippen LogP contribution in [0.1, 0.15) is 18.3 Å². The van der Waals surface area contributed by atoms with Gasteiger partial charge in [0, 0.05) is 30.7 Å². The number of carbonyl (C=O) groups excluding carboxylic acids is 1. The molecule has 0 amide bonds. The molecule has 1 aliphatic rings.